The predicted octanol–water partition coefficient (Wildman–Crippen LogP) is 5.63. The smallest absolute Gasteiger partial charge is 0.129 e. The van der Waals surface area contributed by atoms with Gasteiger partial charge in [0.15, 0.2) is 0 Å². The first kappa shape index (κ1) is 16.7. The summed E-state index contributed by atoms with van der Waals surface area (Å²) in [5.74, 6) is -0.176. The molecule has 0 saturated carbocycles. The van der Waals surface area contributed by atoms with Crippen molar-refractivity contribution in [2.45, 2.75) is 25.8 Å². The SMILES string of the molecule is CCCNC(Cc1ccccc1Br)c1ccc(Br)cc1F. The van der Waals surface area contributed by atoms with Crippen LogP contribution >= 0.6 is 31.9 Å². The van der Waals surface area contributed by atoms with Gasteiger partial charge in [-0.15, -0.1) is 0 Å². The maximum Gasteiger partial charge on any atom is 0.129 e. The third kappa shape index (κ3) is 4.63. The number of nitrogens with one attached hydrogen (secondary N) is 1. The number of rotatable bonds is 6. The van der Waals surface area contributed by atoms with Gasteiger partial charge in [-0.3, -0.25) is 0 Å². The van der Waals surface area contributed by atoms with E-state index in [1.807, 2.05) is 30.3 Å². The summed E-state index contributed by atoms with van der Waals surface area (Å²) in [6, 6.07) is 13.3. The molecule has 0 fully saturated rings. The molecule has 1 unspecified atom stereocenters. The van der Waals surface area contributed by atoms with Crippen LogP contribution in [-0.2, 0) is 6.42 Å². The van der Waals surface area contributed by atoms with Crippen molar-refractivity contribution in [1.82, 2.24) is 5.32 Å². The van der Waals surface area contributed by atoms with Crippen LogP contribution in [0, 0.1) is 5.82 Å². The number of hydrogen-bond donors (Lipinski definition) is 1. The molecule has 0 amide bonds. The molecule has 4 heteroatoms. The van der Waals surface area contributed by atoms with Crippen molar-refractivity contribution in [2.75, 3.05) is 6.54 Å². The highest BCUT2D eigenvalue weighted by Gasteiger charge is 2.17. The van der Waals surface area contributed by atoms with Crippen LogP contribution in [0.5, 0.6) is 0 Å². The molecule has 112 valence electrons. The van der Waals surface area contributed by atoms with Gasteiger partial charge >= 0.3 is 0 Å². The molecule has 2 aromatic carbocycles. The van der Waals surface area contributed by atoms with Crippen molar-refractivity contribution >= 4 is 31.9 Å². The molecule has 21 heavy (non-hydrogen) atoms. The lowest BCUT2D eigenvalue weighted by Crippen LogP contribution is -2.25. The molecule has 1 atom stereocenters. The van der Waals surface area contributed by atoms with Crippen LogP contribution < -0.4 is 5.32 Å². The average Bonchev–Trinajstić information content (AvgIpc) is 2.46. The largest absolute Gasteiger partial charge is 0.310 e. The Bertz CT molecular complexity index is 601. The Morgan fingerprint density at radius 3 is 2.57 bits per heavy atom. The lowest BCUT2D eigenvalue weighted by Gasteiger charge is -2.20. The number of benzene rings is 2. The van der Waals surface area contributed by atoms with E-state index in [9.17, 15) is 4.39 Å². The van der Waals surface area contributed by atoms with Gasteiger partial charge in [-0.1, -0.05) is 63.0 Å². The summed E-state index contributed by atoms with van der Waals surface area (Å²) in [6.07, 6.45) is 1.77. The monoisotopic (exact) mass is 413 g/mol. The van der Waals surface area contributed by atoms with Gasteiger partial charge in [0.05, 0.1) is 0 Å². The molecule has 0 aliphatic rings. The Kier molecular flexibility index (Phi) is 6.40. The maximum absolute atomic E-state index is 14.2. The molecule has 2 rings (SSSR count). The lowest BCUT2D eigenvalue weighted by atomic mass is 9.98. The highest BCUT2D eigenvalue weighted by atomic mass is 79.9. The van der Waals surface area contributed by atoms with Gasteiger partial charge in [0.25, 0.3) is 0 Å². The molecule has 0 aliphatic heterocycles. The summed E-state index contributed by atoms with van der Waals surface area (Å²) >= 11 is 6.88. The molecular formula is C17H18Br2FN. The van der Waals surface area contributed by atoms with Gasteiger partial charge < -0.3 is 5.32 Å². The molecule has 1 N–H and O–H groups in total. The Morgan fingerprint density at radius 1 is 1.14 bits per heavy atom. The zero-order chi connectivity index (χ0) is 15.2. The van der Waals surface area contributed by atoms with Gasteiger partial charge in [-0.05, 0) is 43.1 Å². The summed E-state index contributed by atoms with van der Waals surface area (Å²) in [7, 11) is 0. The summed E-state index contributed by atoms with van der Waals surface area (Å²) < 4.78 is 16.1. The minimum absolute atomic E-state index is 0.0308. The van der Waals surface area contributed by atoms with Crippen molar-refractivity contribution in [3.05, 3.63) is 68.4 Å². The Labute approximate surface area is 142 Å². The van der Waals surface area contributed by atoms with Gasteiger partial charge in [0, 0.05) is 20.6 Å². The van der Waals surface area contributed by atoms with Gasteiger partial charge in [0.1, 0.15) is 5.82 Å². The molecule has 2 aromatic rings. The van der Waals surface area contributed by atoms with Crippen LogP contribution in [0.4, 0.5) is 4.39 Å². The highest BCUT2D eigenvalue weighted by molar-refractivity contribution is 9.10. The van der Waals surface area contributed by atoms with Gasteiger partial charge in [0.2, 0.25) is 0 Å². The molecule has 0 spiro atoms. The minimum Gasteiger partial charge on any atom is -0.310 e. The molecular weight excluding hydrogens is 397 g/mol. The van der Waals surface area contributed by atoms with E-state index in [-0.39, 0.29) is 11.9 Å². The molecule has 0 aliphatic carbocycles. The predicted molar refractivity (Wildman–Crippen MR) is 93.0 cm³/mol. The molecule has 0 aromatic heterocycles. The summed E-state index contributed by atoms with van der Waals surface area (Å²) in [4.78, 5) is 0. The fourth-order valence-electron chi connectivity index (χ4n) is 2.28. The zero-order valence-corrected chi connectivity index (χ0v) is 15.0. The van der Waals surface area contributed by atoms with Crippen molar-refractivity contribution in [2.24, 2.45) is 0 Å². The summed E-state index contributed by atoms with van der Waals surface area (Å²) in [5.41, 5.74) is 1.89. The second-order valence-electron chi connectivity index (χ2n) is 4.97. The van der Waals surface area contributed by atoms with Crippen molar-refractivity contribution in [3.63, 3.8) is 0 Å². The number of halogens is 3. The highest BCUT2D eigenvalue weighted by Crippen LogP contribution is 2.27. The van der Waals surface area contributed by atoms with Gasteiger partial charge in [-0.2, -0.15) is 0 Å². The number of hydrogen-bond acceptors (Lipinski definition) is 1. The standard InChI is InChI=1S/C17H18Br2FN/c1-2-9-21-17(10-12-5-3-4-6-15(12)19)14-8-7-13(18)11-16(14)20/h3-8,11,17,21H,2,9-10H2,1H3. The van der Waals surface area contributed by atoms with Gasteiger partial charge in [-0.25, -0.2) is 4.39 Å². The van der Waals surface area contributed by atoms with Crippen molar-refractivity contribution < 1.29 is 4.39 Å². The maximum atomic E-state index is 14.2. The summed E-state index contributed by atoms with van der Waals surface area (Å²) in [6.45, 7) is 2.98. The average molecular weight is 415 g/mol. The third-order valence-corrected chi connectivity index (χ3v) is 4.63. The van der Waals surface area contributed by atoms with Crippen LogP contribution in [0.25, 0.3) is 0 Å². The Balaban J connectivity index is 2.27. The van der Waals surface area contributed by atoms with Crippen LogP contribution in [0.3, 0.4) is 0 Å². The first-order valence-corrected chi connectivity index (χ1v) is 8.62. The first-order valence-electron chi connectivity index (χ1n) is 7.03. The van der Waals surface area contributed by atoms with E-state index in [0.29, 0.717) is 5.56 Å². The second-order valence-corrected chi connectivity index (χ2v) is 6.74. The van der Waals surface area contributed by atoms with Crippen LogP contribution in [0.15, 0.2) is 51.4 Å². The molecule has 1 nitrogen and oxygen atoms in total. The van der Waals surface area contributed by atoms with Crippen molar-refractivity contribution in [1.29, 1.82) is 0 Å². The first-order chi connectivity index (χ1) is 10.1. The van der Waals surface area contributed by atoms with Crippen molar-refractivity contribution in [3.8, 4) is 0 Å². The fourth-order valence-corrected chi connectivity index (χ4v) is 3.06. The Hall–Kier alpha value is -0.710. The van der Waals surface area contributed by atoms with E-state index in [1.165, 1.54) is 11.6 Å². The van der Waals surface area contributed by atoms with E-state index in [0.717, 1.165) is 28.3 Å². The molecule has 0 bridgehead atoms. The molecule has 0 radical (unpaired) electrons. The Morgan fingerprint density at radius 2 is 1.90 bits per heavy atom. The molecule has 0 heterocycles. The molecule has 0 saturated heterocycles. The van der Waals surface area contributed by atoms with Crippen LogP contribution in [-0.4, -0.2) is 6.54 Å². The second kappa shape index (κ2) is 8.06. The normalized spacial score (nSPS) is 12.4. The van der Waals surface area contributed by atoms with E-state index < -0.39 is 0 Å². The topological polar surface area (TPSA) is 12.0 Å². The fraction of sp³-hybridized carbons (Fsp3) is 0.294. The third-order valence-electron chi connectivity index (χ3n) is 3.36. The van der Waals surface area contributed by atoms with E-state index >= 15 is 0 Å². The lowest BCUT2D eigenvalue weighted by molar-refractivity contribution is 0.496. The van der Waals surface area contributed by atoms with Crippen LogP contribution in [0.1, 0.15) is 30.5 Å². The quantitative estimate of drug-likeness (QED) is 0.645. The van der Waals surface area contributed by atoms with E-state index in [1.54, 1.807) is 0 Å². The minimum atomic E-state index is -0.176. The zero-order valence-electron chi connectivity index (χ0n) is 11.9. The van der Waals surface area contributed by atoms with Crippen LogP contribution in [0.2, 0.25) is 0 Å². The summed E-state index contributed by atoms with van der Waals surface area (Å²) in [5, 5.41) is 3.45. The van der Waals surface area contributed by atoms with E-state index in [2.05, 4.69) is 50.2 Å². The van der Waals surface area contributed by atoms with E-state index in [4.69, 9.17) is 0 Å².